The molecule has 1 saturated heterocycles. The summed E-state index contributed by atoms with van der Waals surface area (Å²) in [4.78, 5) is 25.1. The summed E-state index contributed by atoms with van der Waals surface area (Å²) in [6, 6.07) is 9.33. The summed E-state index contributed by atoms with van der Waals surface area (Å²) < 4.78 is 11.2. The lowest BCUT2D eigenvalue weighted by Crippen LogP contribution is -2.31. The number of H-pyrrole nitrogens is 1. The maximum Gasteiger partial charge on any atom is 0.272 e. The van der Waals surface area contributed by atoms with E-state index in [0.717, 1.165) is 23.6 Å². The molecular weight excluding hydrogens is 384 g/mol. The minimum Gasteiger partial charge on any atom is -0.497 e. The molecule has 1 N–H and O–H groups in total. The number of hydrogen-bond acceptors (Lipinski definition) is 7. The van der Waals surface area contributed by atoms with Crippen molar-refractivity contribution in [3.05, 3.63) is 48.4 Å². The van der Waals surface area contributed by atoms with Crippen molar-refractivity contribution in [1.29, 1.82) is 0 Å². The lowest BCUT2D eigenvalue weighted by molar-refractivity contribution is 0.0765. The van der Waals surface area contributed by atoms with Gasteiger partial charge in [-0.25, -0.2) is 0 Å². The molecule has 1 atom stereocenters. The third kappa shape index (κ3) is 4.19. The number of nitrogens with one attached hydrogen (secondary N) is 1. The van der Waals surface area contributed by atoms with Crippen molar-refractivity contribution in [2.45, 2.75) is 12.5 Å². The molecule has 1 aromatic carbocycles. The number of carbonyl (C=O) groups is 1. The van der Waals surface area contributed by atoms with E-state index in [1.807, 2.05) is 43.3 Å². The lowest BCUT2D eigenvalue weighted by Gasteiger charge is -2.17. The molecule has 9 nitrogen and oxygen atoms in total. The van der Waals surface area contributed by atoms with Crippen molar-refractivity contribution in [3.63, 3.8) is 0 Å². The number of methoxy groups -OCH3 is 1. The Kier molecular flexibility index (Phi) is 5.51. The fourth-order valence-electron chi connectivity index (χ4n) is 3.32. The summed E-state index contributed by atoms with van der Waals surface area (Å²) in [7, 11) is 5.41. The van der Waals surface area contributed by atoms with Crippen LogP contribution in [-0.4, -0.2) is 71.4 Å². The van der Waals surface area contributed by atoms with Gasteiger partial charge in [-0.3, -0.25) is 14.9 Å². The maximum absolute atomic E-state index is 12.9. The molecule has 0 saturated carbocycles. The number of benzene rings is 1. The second-order valence-electron chi connectivity index (χ2n) is 7.29. The second kappa shape index (κ2) is 8.40. The van der Waals surface area contributed by atoms with Crippen LogP contribution in [0.1, 0.15) is 16.9 Å². The number of aromatic amines is 1. The van der Waals surface area contributed by atoms with Gasteiger partial charge in [-0.05, 0) is 18.2 Å². The first kappa shape index (κ1) is 19.7. The van der Waals surface area contributed by atoms with Crippen LogP contribution >= 0.6 is 0 Å². The molecule has 9 heteroatoms. The van der Waals surface area contributed by atoms with Gasteiger partial charge < -0.3 is 19.3 Å². The minimum absolute atomic E-state index is 0.101. The fourth-order valence-corrected chi connectivity index (χ4v) is 3.32. The molecule has 0 bridgehead atoms. The molecule has 156 valence electrons. The highest BCUT2D eigenvalue weighted by atomic mass is 16.5. The van der Waals surface area contributed by atoms with Gasteiger partial charge in [0.25, 0.3) is 5.91 Å². The quantitative estimate of drug-likeness (QED) is 0.668. The first-order valence-corrected chi connectivity index (χ1v) is 9.68. The summed E-state index contributed by atoms with van der Waals surface area (Å²) in [5, 5.41) is 7.14. The number of likely N-dealkylation sites (tertiary alicyclic amines) is 1. The number of hydrogen-bond donors (Lipinski definition) is 1. The van der Waals surface area contributed by atoms with Gasteiger partial charge in [-0.15, -0.1) is 0 Å². The number of amides is 1. The average molecular weight is 408 g/mol. The van der Waals surface area contributed by atoms with Crippen LogP contribution in [0.2, 0.25) is 0 Å². The predicted molar refractivity (Wildman–Crippen MR) is 112 cm³/mol. The topological polar surface area (TPSA) is 96.5 Å². The van der Waals surface area contributed by atoms with E-state index in [9.17, 15) is 4.79 Å². The zero-order chi connectivity index (χ0) is 21.1. The molecule has 1 aliphatic rings. The van der Waals surface area contributed by atoms with Crippen LogP contribution in [0.5, 0.6) is 11.6 Å². The Bertz CT molecular complexity index is 1030. The van der Waals surface area contributed by atoms with Crippen LogP contribution in [0.4, 0.5) is 5.82 Å². The highest BCUT2D eigenvalue weighted by Gasteiger charge is 2.29. The normalized spacial score (nSPS) is 15.8. The number of anilines is 1. The molecule has 0 spiro atoms. The summed E-state index contributed by atoms with van der Waals surface area (Å²) in [5.74, 6) is 1.82. The van der Waals surface area contributed by atoms with E-state index >= 15 is 0 Å². The average Bonchev–Trinajstić information content (AvgIpc) is 3.43. The Labute approximate surface area is 174 Å². The Balaban J connectivity index is 1.40. The zero-order valence-electron chi connectivity index (χ0n) is 17.2. The summed E-state index contributed by atoms with van der Waals surface area (Å²) >= 11 is 0. The lowest BCUT2D eigenvalue weighted by atomic mass is 10.1. The summed E-state index contributed by atoms with van der Waals surface area (Å²) in [5.41, 5.74) is 2.02. The van der Waals surface area contributed by atoms with Gasteiger partial charge in [0.05, 0.1) is 31.7 Å². The van der Waals surface area contributed by atoms with Gasteiger partial charge >= 0.3 is 0 Å². The first-order valence-electron chi connectivity index (χ1n) is 9.68. The van der Waals surface area contributed by atoms with E-state index < -0.39 is 0 Å². The monoisotopic (exact) mass is 408 g/mol. The number of nitrogens with zero attached hydrogens (tertiary/aromatic N) is 5. The van der Waals surface area contributed by atoms with E-state index in [0.29, 0.717) is 30.4 Å². The van der Waals surface area contributed by atoms with Crippen LogP contribution in [0.3, 0.4) is 0 Å². The van der Waals surface area contributed by atoms with E-state index in [1.165, 1.54) is 0 Å². The Hall–Kier alpha value is -3.62. The van der Waals surface area contributed by atoms with E-state index in [1.54, 1.807) is 30.5 Å². The number of ether oxygens (including phenoxy) is 2. The molecule has 1 unspecified atom stereocenters. The molecule has 3 heterocycles. The third-order valence-corrected chi connectivity index (χ3v) is 4.95. The predicted octanol–water partition coefficient (Wildman–Crippen LogP) is 2.23. The van der Waals surface area contributed by atoms with Gasteiger partial charge in [0.1, 0.15) is 17.5 Å². The molecule has 2 aromatic heterocycles. The minimum atomic E-state index is -0.124. The van der Waals surface area contributed by atoms with E-state index in [-0.39, 0.29) is 12.0 Å². The standard InChI is InChI=1S/C21H24N6O3/c1-26(2)19-11-22-12-20(23-19)30-16-7-8-27(13-16)21(28)18-10-17(24-25-18)14-5-4-6-15(9-14)29-3/h4-6,9-12,16H,7-8,13H2,1-3H3,(H,24,25). The van der Waals surface area contributed by atoms with Crippen LogP contribution in [-0.2, 0) is 0 Å². The zero-order valence-corrected chi connectivity index (χ0v) is 17.2. The molecule has 4 rings (SSSR count). The van der Waals surface area contributed by atoms with Crippen molar-refractivity contribution >= 4 is 11.7 Å². The third-order valence-electron chi connectivity index (χ3n) is 4.95. The Morgan fingerprint density at radius 1 is 1.27 bits per heavy atom. The summed E-state index contributed by atoms with van der Waals surface area (Å²) in [6.07, 6.45) is 3.88. The molecule has 3 aromatic rings. The number of rotatable bonds is 6. The SMILES string of the molecule is COc1cccc(-c2cc(C(=O)N3CCC(Oc4cncc(N(C)C)n4)C3)[nH]n2)c1. The number of aromatic nitrogens is 4. The fraction of sp³-hybridized carbons (Fsp3) is 0.333. The largest absolute Gasteiger partial charge is 0.497 e. The van der Waals surface area contributed by atoms with Gasteiger partial charge in [-0.2, -0.15) is 10.1 Å². The molecule has 30 heavy (non-hydrogen) atoms. The highest BCUT2D eigenvalue weighted by molar-refractivity contribution is 5.93. The summed E-state index contributed by atoms with van der Waals surface area (Å²) in [6.45, 7) is 1.10. The Morgan fingerprint density at radius 3 is 2.93 bits per heavy atom. The van der Waals surface area contributed by atoms with Crippen molar-refractivity contribution in [2.24, 2.45) is 0 Å². The van der Waals surface area contributed by atoms with Crippen LogP contribution < -0.4 is 14.4 Å². The number of carbonyl (C=O) groups excluding carboxylic acids is 1. The maximum atomic E-state index is 12.9. The van der Waals surface area contributed by atoms with Crippen LogP contribution in [0.15, 0.2) is 42.7 Å². The molecule has 1 fully saturated rings. The molecule has 0 aliphatic carbocycles. The molecule has 1 aliphatic heterocycles. The Morgan fingerprint density at radius 2 is 2.13 bits per heavy atom. The van der Waals surface area contributed by atoms with Crippen molar-refractivity contribution in [1.82, 2.24) is 25.1 Å². The first-order chi connectivity index (χ1) is 14.5. The highest BCUT2D eigenvalue weighted by Crippen LogP contribution is 2.24. The van der Waals surface area contributed by atoms with E-state index in [2.05, 4.69) is 20.2 Å². The van der Waals surface area contributed by atoms with E-state index in [4.69, 9.17) is 9.47 Å². The second-order valence-corrected chi connectivity index (χ2v) is 7.29. The van der Waals surface area contributed by atoms with Gasteiger partial charge in [-0.1, -0.05) is 12.1 Å². The van der Waals surface area contributed by atoms with Gasteiger partial charge in [0.2, 0.25) is 5.88 Å². The van der Waals surface area contributed by atoms with Crippen molar-refractivity contribution < 1.29 is 14.3 Å². The van der Waals surface area contributed by atoms with Crippen LogP contribution in [0.25, 0.3) is 11.3 Å². The molecule has 1 amide bonds. The molecular formula is C21H24N6O3. The van der Waals surface area contributed by atoms with Crippen molar-refractivity contribution in [3.8, 4) is 22.9 Å². The van der Waals surface area contributed by atoms with Crippen LogP contribution in [0, 0.1) is 0 Å². The van der Waals surface area contributed by atoms with Gasteiger partial charge in [0.15, 0.2) is 5.82 Å². The smallest absolute Gasteiger partial charge is 0.272 e. The molecule has 0 radical (unpaired) electrons. The van der Waals surface area contributed by atoms with Crippen molar-refractivity contribution in [2.75, 3.05) is 39.2 Å². The van der Waals surface area contributed by atoms with Gasteiger partial charge in [0, 0.05) is 32.6 Å².